The first-order valence-electron chi connectivity index (χ1n) is 3.68. The van der Waals surface area contributed by atoms with E-state index in [1.165, 1.54) is 0 Å². The number of rotatable bonds is 0. The number of nitrogens with zero attached hydrogens (tertiary/aromatic N) is 3. The molecule has 4 heteroatoms. The fourth-order valence-electron chi connectivity index (χ4n) is 1.02. The SMILES string of the molecule is N#CN=c1ncc2ccccc2o1. The van der Waals surface area contributed by atoms with Crippen molar-refractivity contribution in [1.29, 1.82) is 5.26 Å². The molecule has 0 unspecified atom stereocenters. The van der Waals surface area contributed by atoms with Crippen LogP contribution in [0.15, 0.2) is 39.9 Å². The van der Waals surface area contributed by atoms with E-state index in [0.29, 0.717) is 5.58 Å². The van der Waals surface area contributed by atoms with Gasteiger partial charge < -0.3 is 4.42 Å². The summed E-state index contributed by atoms with van der Waals surface area (Å²) >= 11 is 0. The summed E-state index contributed by atoms with van der Waals surface area (Å²) in [6, 6.07) is 7.41. The Morgan fingerprint density at radius 2 is 2.23 bits per heavy atom. The van der Waals surface area contributed by atoms with Gasteiger partial charge in [-0.3, -0.25) is 0 Å². The van der Waals surface area contributed by atoms with E-state index >= 15 is 0 Å². The van der Waals surface area contributed by atoms with Crippen molar-refractivity contribution in [2.45, 2.75) is 0 Å². The van der Waals surface area contributed by atoms with Crippen molar-refractivity contribution in [2.24, 2.45) is 4.99 Å². The minimum atomic E-state index is 0.0844. The monoisotopic (exact) mass is 171 g/mol. The molecule has 0 aliphatic rings. The molecule has 0 aliphatic carbocycles. The second-order valence-corrected chi connectivity index (χ2v) is 2.39. The zero-order valence-electron chi connectivity index (χ0n) is 6.64. The highest BCUT2D eigenvalue weighted by Crippen LogP contribution is 2.07. The Hall–Kier alpha value is -2.15. The van der Waals surface area contributed by atoms with Gasteiger partial charge in [0.1, 0.15) is 5.58 Å². The van der Waals surface area contributed by atoms with Gasteiger partial charge >= 0.3 is 5.68 Å². The van der Waals surface area contributed by atoms with E-state index in [1.54, 1.807) is 18.5 Å². The van der Waals surface area contributed by atoms with Crippen LogP contribution in [0.1, 0.15) is 0 Å². The van der Waals surface area contributed by atoms with Crippen LogP contribution in [-0.4, -0.2) is 4.98 Å². The van der Waals surface area contributed by atoms with Crippen LogP contribution in [0.25, 0.3) is 11.0 Å². The van der Waals surface area contributed by atoms with Crippen molar-refractivity contribution < 1.29 is 4.42 Å². The summed E-state index contributed by atoms with van der Waals surface area (Å²) in [7, 11) is 0. The van der Waals surface area contributed by atoms with Crippen LogP contribution >= 0.6 is 0 Å². The van der Waals surface area contributed by atoms with Gasteiger partial charge in [0.05, 0.1) is 0 Å². The Morgan fingerprint density at radius 3 is 3.08 bits per heavy atom. The molecule has 1 aromatic heterocycles. The van der Waals surface area contributed by atoms with Gasteiger partial charge in [-0.25, -0.2) is 4.98 Å². The van der Waals surface area contributed by atoms with Gasteiger partial charge in [-0.1, -0.05) is 12.1 Å². The zero-order valence-corrected chi connectivity index (χ0v) is 6.64. The van der Waals surface area contributed by atoms with Crippen LogP contribution < -0.4 is 5.68 Å². The topological polar surface area (TPSA) is 62.2 Å². The van der Waals surface area contributed by atoms with Crippen molar-refractivity contribution in [1.82, 2.24) is 4.98 Å². The van der Waals surface area contributed by atoms with Crippen LogP contribution in [0, 0.1) is 11.5 Å². The smallest absolute Gasteiger partial charge is 0.332 e. The highest BCUT2D eigenvalue weighted by Gasteiger charge is 1.93. The summed E-state index contributed by atoms with van der Waals surface area (Å²) < 4.78 is 5.20. The third kappa shape index (κ3) is 1.40. The van der Waals surface area contributed by atoms with Crippen molar-refractivity contribution in [3.05, 3.63) is 36.1 Å². The highest BCUT2D eigenvalue weighted by atomic mass is 16.3. The molecule has 1 aromatic carbocycles. The Kier molecular flexibility index (Phi) is 1.77. The molecule has 62 valence electrons. The molecule has 0 amide bonds. The van der Waals surface area contributed by atoms with E-state index in [0.717, 1.165) is 5.39 Å². The predicted molar refractivity (Wildman–Crippen MR) is 45.2 cm³/mol. The maximum Gasteiger partial charge on any atom is 0.332 e. The molecular weight excluding hydrogens is 166 g/mol. The van der Waals surface area contributed by atoms with Gasteiger partial charge in [0.15, 0.2) is 0 Å². The maximum absolute atomic E-state index is 8.28. The van der Waals surface area contributed by atoms with Crippen molar-refractivity contribution >= 4 is 11.0 Å². The molecule has 2 aromatic rings. The standard InChI is InChI=1S/C9H5N3O/c10-6-12-9-11-5-7-3-1-2-4-8(7)13-9/h1-5H. The molecule has 0 saturated carbocycles. The van der Waals surface area contributed by atoms with Crippen LogP contribution in [0.4, 0.5) is 0 Å². The van der Waals surface area contributed by atoms with Crippen LogP contribution in [0.5, 0.6) is 0 Å². The number of benzene rings is 1. The Balaban J connectivity index is 2.78. The number of hydrogen-bond donors (Lipinski definition) is 0. The van der Waals surface area contributed by atoms with Crippen LogP contribution in [0.2, 0.25) is 0 Å². The maximum atomic E-state index is 8.28. The second-order valence-electron chi connectivity index (χ2n) is 2.39. The summed E-state index contributed by atoms with van der Waals surface area (Å²) in [5.41, 5.74) is 0.757. The fraction of sp³-hybridized carbons (Fsp3) is 0. The minimum Gasteiger partial charge on any atom is -0.423 e. The molecule has 4 nitrogen and oxygen atoms in total. The molecule has 0 fully saturated rings. The zero-order chi connectivity index (χ0) is 9.10. The van der Waals surface area contributed by atoms with Gasteiger partial charge in [0, 0.05) is 11.6 Å². The van der Waals surface area contributed by atoms with Gasteiger partial charge in [0.2, 0.25) is 6.19 Å². The first-order chi connectivity index (χ1) is 6.40. The molecule has 1 heterocycles. The average molecular weight is 171 g/mol. The lowest BCUT2D eigenvalue weighted by molar-refractivity contribution is 0.514. The lowest BCUT2D eigenvalue weighted by Crippen LogP contribution is -2.04. The molecular formula is C9H5N3O. The molecule has 2 rings (SSSR count). The highest BCUT2D eigenvalue weighted by molar-refractivity contribution is 5.74. The Morgan fingerprint density at radius 1 is 1.38 bits per heavy atom. The van der Waals surface area contributed by atoms with Crippen molar-refractivity contribution in [3.63, 3.8) is 0 Å². The number of hydrogen-bond acceptors (Lipinski definition) is 4. The van der Waals surface area contributed by atoms with Crippen molar-refractivity contribution in [3.8, 4) is 6.19 Å². The van der Waals surface area contributed by atoms with E-state index < -0.39 is 0 Å². The van der Waals surface area contributed by atoms with E-state index in [-0.39, 0.29) is 5.68 Å². The molecule has 0 radical (unpaired) electrons. The van der Waals surface area contributed by atoms with Crippen LogP contribution in [-0.2, 0) is 0 Å². The Labute approximate surface area is 73.8 Å². The minimum absolute atomic E-state index is 0.0844. The fourth-order valence-corrected chi connectivity index (χ4v) is 1.02. The van der Waals surface area contributed by atoms with E-state index in [1.807, 2.05) is 18.2 Å². The Bertz CT molecular complexity index is 536. The second kappa shape index (κ2) is 3.07. The molecule has 13 heavy (non-hydrogen) atoms. The lowest BCUT2D eigenvalue weighted by atomic mass is 10.3. The molecule has 0 spiro atoms. The summed E-state index contributed by atoms with van der Waals surface area (Å²) in [5, 5.41) is 9.16. The summed E-state index contributed by atoms with van der Waals surface area (Å²) in [4.78, 5) is 7.23. The van der Waals surface area contributed by atoms with E-state index in [4.69, 9.17) is 9.68 Å². The van der Waals surface area contributed by atoms with Crippen molar-refractivity contribution in [2.75, 3.05) is 0 Å². The first-order valence-corrected chi connectivity index (χ1v) is 3.68. The van der Waals surface area contributed by atoms with E-state index in [2.05, 4.69) is 9.98 Å². The molecule has 0 atom stereocenters. The van der Waals surface area contributed by atoms with Gasteiger partial charge in [-0.2, -0.15) is 5.26 Å². The largest absolute Gasteiger partial charge is 0.423 e. The lowest BCUT2D eigenvalue weighted by Gasteiger charge is -1.92. The third-order valence-electron chi connectivity index (χ3n) is 1.58. The summed E-state index contributed by atoms with van der Waals surface area (Å²) in [6.45, 7) is 0. The van der Waals surface area contributed by atoms with Gasteiger partial charge in [0.25, 0.3) is 0 Å². The van der Waals surface area contributed by atoms with Gasteiger partial charge in [-0.05, 0) is 12.1 Å². The van der Waals surface area contributed by atoms with Gasteiger partial charge in [-0.15, -0.1) is 4.99 Å². The number of nitriles is 1. The number of aromatic nitrogens is 1. The number of para-hydroxylation sites is 1. The average Bonchev–Trinajstić information content (AvgIpc) is 2.18. The van der Waals surface area contributed by atoms with Crippen LogP contribution in [0.3, 0.4) is 0 Å². The molecule has 0 saturated heterocycles. The number of fused-ring (bicyclic) bond motifs is 1. The molecule has 0 aliphatic heterocycles. The van der Waals surface area contributed by atoms with E-state index in [9.17, 15) is 0 Å². The molecule has 0 N–H and O–H groups in total. The molecule has 0 bridgehead atoms. The summed E-state index contributed by atoms with van der Waals surface area (Å²) in [6.07, 6.45) is 3.24. The third-order valence-corrected chi connectivity index (χ3v) is 1.58. The first kappa shape index (κ1) is 7.50. The predicted octanol–water partition coefficient (Wildman–Crippen LogP) is 1.21. The normalized spacial score (nSPS) is 11.5. The summed E-state index contributed by atoms with van der Waals surface area (Å²) in [5.74, 6) is 0. The quantitative estimate of drug-likeness (QED) is 0.559.